The molecule has 2 aliphatic rings. The minimum absolute atomic E-state index is 0.0469. The Kier molecular flexibility index (Phi) is 7.05. The van der Waals surface area contributed by atoms with E-state index in [1.165, 1.54) is 14.2 Å². The number of ether oxygens (including phenoxy) is 2. The number of likely N-dealkylation sites (N-methyl/N-ethyl adjacent to an activating group) is 1. The van der Waals surface area contributed by atoms with E-state index < -0.39 is 34.8 Å². The van der Waals surface area contributed by atoms with Crippen LogP contribution in [0.3, 0.4) is 0 Å². The highest BCUT2D eigenvalue weighted by atomic mass is 19.4. The van der Waals surface area contributed by atoms with E-state index in [2.05, 4.69) is 15.5 Å². The number of hydrogen-bond acceptors (Lipinski definition) is 4. The van der Waals surface area contributed by atoms with Crippen LogP contribution < -0.4 is 20.1 Å². The second-order valence-electron chi connectivity index (χ2n) is 9.36. The molecule has 2 N–H and O–H groups in total. The number of nitrogens with one attached hydrogen (secondary N) is 2. The number of methoxy groups -OCH3 is 2. The molecule has 0 bridgehead atoms. The van der Waals surface area contributed by atoms with Crippen LogP contribution in [0, 0.1) is 11.6 Å². The molecule has 2 fully saturated rings. The number of alkyl halides is 3. The maximum atomic E-state index is 15.5. The van der Waals surface area contributed by atoms with E-state index in [-0.39, 0.29) is 23.5 Å². The van der Waals surface area contributed by atoms with Crippen LogP contribution in [0.1, 0.15) is 36.8 Å². The predicted octanol–water partition coefficient (Wildman–Crippen LogP) is 5.32. The SMILES string of the molecule is COc1ccc([C@@]23CC[C@H](NC(=O)Nc4cc(F)cc(C(F)(F)F)c4)C[C@H]2N(C)CC3)c(F)c1OC. The fraction of sp³-hybridized carbons (Fsp3) is 0.480. The van der Waals surface area contributed by atoms with Gasteiger partial charge in [-0.05, 0) is 69.1 Å². The van der Waals surface area contributed by atoms with Crippen molar-refractivity contribution in [2.24, 2.45) is 0 Å². The largest absolute Gasteiger partial charge is 0.493 e. The van der Waals surface area contributed by atoms with Gasteiger partial charge >= 0.3 is 12.2 Å². The Bertz CT molecular complexity index is 1140. The smallest absolute Gasteiger partial charge is 0.416 e. The van der Waals surface area contributed by atoms with Crippen LogP contribution in [-0.2, 0) is 11.6 Å². The van der Waals surface area contributed by atoms with E-state index >= 15 is 4.39 Å². The number of carbonyl (C=O) groups excluding carboxylic acids is 1. The minimum atomic E-state index is -4.74. The van der Waals surface area contributed by atoms with Crippen molar-refractivity contribution in [2.75, 3.05) is 33.1 Å². The van der Waals surface area contributed by atoms with E-state index in [9.17, 15) is 22.4 Å². The highest BCUT2D eigenvalue weighted by Crippen LogP contribution is 2.51. The van der Waals surface area contributed by atoms with Crippen molar-refractivity contribution < 1.29 is 36.2 Å². The molecule has 0 radical (unpaired) electrons. The number of benzene rings is 2. The average molecular weight is 514 g/mol. The summed E-state index contributed by atoms with van der Waals surface area (Å²) < 4.78 is 78.6. The maximum Gasteiger partial charge on any atom is 0.416 e. The molecule has 36 heavy (non-hydrogen) atoms. The van der Waals surface area contributed by atoms with E-state index in [1.807, 2.05) is 7.05 Å². The van der Waals surface area contributed by atoms with Gasteiger partial charge in [0.1, 0.15) is 5.82 Å². The summed E-state index contributed by atoms with van der Waals surface area (Å²) in [7, 11) is 4.77. The Labute approximate surface area is 205 Å². The molecule has 0 spiro atoms. The first kappa shape index (κ1) is 26.0. The van der Waals surface area contributed by atoms with Gasteiger partial charge in [0.15, 0.2) is 17.3 Å². The number of carbonyl (C=O) groups is 1. The second kappa shape index (κ2) is 9.76. The van der Waals surface area contributed by atoms with Crippen molar-refractivity contribution >= 4 is 11.7 Å². The number of halogens is 5. The normalized spacial score (nSPS) is 24.2. The Balaban J connectivity index is 1.50. The lowest BCUT2D eigenvalue weighted by atomic mass is 9.65. The van der Waals surface area contributed by atoms with E-state index in [4.69, 9.17) is 9.47 Å². The van der Waals surface area contributed by atoms with Gasteiger partial charge in [0.25, 0.3) is 0 Å². The van der Waals surface area contributed by atoms with Crippen molar-refractivity contribution in [3.05, 3.63) is 53.1 Å². The van der Waals surface area contributed by atoms with Gasteiger partial charge in [0.05, 0.1) is 19.8 Å². The number of urea groups is 1. The highest BCUT2D eigenvalue weighted by molar-refractivity contribution is 5.89. The van der Waals surface area contributed by atoms with Crippen molar-refractivity contribution in [2.45, 2.75) is 49.4 Å². The molecule has 2 amide bonds. The summed E-state index contributed by atoms with van der Waals surface area (Å²) >= 11 is 0. The molecule has 1 heterocycles. The van der Waals surface area contributed by atoms with Crippen LogP contribution in [-0.4, -0.2) is 50.8 Å². The van der Waals surface area contributed by atoms with Crippen molar-refractivity contribution in [1.29, 1.82) is 0 Å². The van der Waals surface area contributed by atoms with Gasteiger partial charge in [-0.15, -0.1) is 0 Å². The zero-order chi connectivity index (χ0) is 26.3. The molecule has 4 rings (SSSR count). The van der Waals surface area contributed by atoms with Gasteiger partial charge in [0, 0.05) is 23.2 Å². The molecule has 11 heteroatoms. The van der Waals surface area contributed by atoms with Gasteiger partial charge in [-0.25, -0.2) is 13.6 Å². The summed E-state index contributed by atoms with van der Waals surface area (Å²) in [6, 6.07) is 4.16. The summed E-state index contributed by atoms with van der Waals surface area (Å²) in [6.07, 6.45) is -2.40. The van der Waals surface area contributed by atoms with Gasteiger partial charge in [-0.1, -0.05) is 6.07 Å². The Hall–Kier alpha value is -3.08. The molecule has 1 saturated carbocycles. The monoisotopic (exact) mass is 513 g/mol. The van der Waals surface area contributed by atoms with Crippen LogP contribution in [0.2, 0.25) is 0 Å². The Morgan fingerprint density at radius 2 is 1.86 bits per heavy atom. The minimum Gasteiger partial charge on any atom is -0.493 e. The molecule has 0 unspecified atom stereocenters. The molecule has 3 atom stereocenters. The third kappa shape index (κ3) is 4.80. The standard InChI is InChI=1S/C25H28F5N3O3/c1-33-9-8-24(18-4-5-19(35-2)22(36-3)21(18)27)7-6-16(13-20(24)33)31-23(34)32-17-11-14(25(28,29)30)10-15(26)12-17/h4-5,10-12,16,20H,6-9,13H2,1-3H3,(H2,31,32,34)/t16-,20+,24-/m0/s1. The van der Waals surface area contributed by atoms with Gasteiger partial charge in [-0.3, -0.25) is 0 Å². The van der Waals surface area contributed by atoms with E-state index in [0.29, 0.717) is 42.7 Å². The first-order valence-electron chi connectivity index (χ1n) is 11.5. The zero-order valence-electron chi connectivity index (χ0n) is 20.1. The summed E-state index contributed by atoms with van der Waals surface area (Å²) in [5.74, 6) is -1.22. The van der Waals surface area contributed by atoms with Crippen molar-refractivity contribution in [3.8, 4) is 11.5 Å². The molecule has 0 aromatic heterocycles. The number of amides is 2. The third-order valence-electron chi connectivity index (χ3n) is 7.37. The zero-order valence-corrected chi connectivity index (χ0v) is 20.1. The average Bonchev–Trinajstić information content (AvgIpc) is 3.14. The third-order valence-corrected chi connectivity index (χ3v) is 7.37. The van der Waals surface area contributed by atoms with Crippen LogP contribution in [0.5, 0.6) is 11.5 Å². The summed E-state index contributed by atoms with van der Waals surface area (Å²) in [5.41, 5.74) is -1.44. The first-order chi connectivity index (χ1) is 17.0. The molecule has 1 aliphatic heterocycles. The Morgan fingerprint density at radius 1 is 1.11 bits per heavy atom. The number of anilines is 1. The fourth-order valence-corrected chi connectivity index (χ4v) is 5.67. The highest BCUT2D eigenvalue weighted by Gasteiger charge is 2.52. The topological polar surface area (TPSA) is 62.8 Å². The predicted molar refractivity (Wildman–Crippen MR) is 123 cm³/mol. The van der Waals surface area contributed by atoms with Crippen molar-refractivity contribution in [1.82, 2.24) is 10.2 Å². The molecular weight excluding hydrogens is 485 g/mol. The Morgan fingerprint density at radius 3 is 2.53 bits per heavy atom. The number of hydrogen-bond donors (Lipinski definition) is 2. The fourth-order valence-electron chi connectivity index (χ4n) is 5.67. The first-order valence-corrected chi connectivity index (χ1v) is 11.5. The van der Waals surface area contributed by atoms with Crippen LogP contribution in [0.4, 0.5) is 32.4 Å². The van der Waals surface area contributed by atoms with Gasteiger partial charge in [-0.2, -0.15) is 13.2 Å². The van der Waals surface area contributed by atoms with Crippen LogP contribution in [0.15, 0.2) is 30.3 Å². The maximum absolute atomic E-state index is 15.5. The summed E-state index contributed by atoms with van der Waals surface area (Å²) in [5, 5.41) is 5.08. The molecule has 2 aromatic carbocycles. The molecule has 6 nitrogen and oxygen atoms in total. The molecule has 1 saturated heterocycles. The van der Waals surface area contributed by atoms with Crippen molar-refractivity contribution in [3.63, 3.8) is 0 Å². The summed E-state index contributed by atoms with van der Waals surface area (Å²) in [4.78, 5) is 14.7. The lowest BCUT2D eigenvalue weighted by Crippen LogP contribution is -2.52. The van der Waals surface area contributed by atoms with Gasteiger partial charge in [0.2, 0.25) is 0 Å². The van der Waals surface area contributed by atoms with Gasteiger partial charge < -0.3 is 25.0 Å². The quantitative estimate of drug-likeness (QED) is 0.532. The van der Waals surface area contributed by atoms with Crippen LogP contribution >= 0.6 is 0 Å². The molecule has 2 aromatic rings. The summed E-state index contributed by atoms with van der Waals surface area (Å²) in [6.45, 7) is 0.737. The lowest BCUT2D eigenvalue weighted by molar-refractivity contribution is -0.137. The molecule has 1 aliphatic carbocycles. The van der Waals surface area contributed by atoms with E-state index in [1.54, 1.807) is 12.1 Å². The van der Waals surface area contributed by atoms with Crippen LogP contribution in [0.25, 0.3) is 0 Å². The second-order valence-corrected chi connectivity index (χ2v) is 9.36. The molecule has 196 valence electrons. The van der Waals surface area contributed by atoms with E-state index in [0.717, 1.165) is 19.0 Å². The number of likely N-dealkylation sites (tertiary alicyclic amines) is 1. The number of fused-ring (bicyclic) bond motifs is 1. The number of rotatable bonds is 5. The lowest BCUT2D eigenvalue weighted by Gasteiger charge is -2.45. The number of nitrogens with zero attached hydrogens (tertiary/aromatic N) is 1. The molecular formula is C25H28F5N3O3.